The molecule has 0 radical (unpaired) electrons. The first-order valence-corrected chi connectivity index (χ1v) is 9.43. The van der Waals surface area contributed by atoms with Gasteiger partial charge in [0.2, 0.25) is 0 Å². The number of carbonyl (C=O) groups is 1. The van der Waals surface area contributed by atoms with E-state index in [1.54, 1.807) is 7.11 Å². The van der Waals surface area contributed by atoms with Crippen molar-refractivity contribution in [1.82, 2.24) is 5.32 Å². The molecule has 0 bridgehead atoms. The molecular formula is C20H36N2O3. The van der Waals surface area contributed by atoms with Gasteiger partial charge in [-0.15, -0.1) is 0 Å². The number of hydrogen-bond donors (Lipinski definition) is 1. The second-order valence-corrected chi connectivity index (χ2v) is 5.70. The van der Waals surface area contributed by atoms with Gasteiger partial charge in [-0.25, -0.2) is 4.79 Å². The summed E-state index contributed by atoms with van der Waals surface area (Å²) in [7, 11) is 1.71. The second-order valence-electron chi connectivity index (χ2n) is 5.70. The second kappa shape index (κ2) is 14.6. The van der Waals surface area contributed by atoms with Crippen LogP contribution >= 0.6 is 0 Å². The molecule has 1 rings (SSSR count). The summed E-state index contributed by atoms with van der Waals surface area (Å²) in [5, 5.41) is 2.83. The summed E-state index contributed by atoms with van der Waals surface area (Å²) in [6, 6.07) is 7.73. The average Bonchev–Trinajstić information content (AvgIpc) is 2.61. The van der Waals surface area contributed by atoms with Crippen molar-refractivity contribution in [3.05, 3.63) is 24.3 Å². The molecule has 0 heterocycles. The highest BCUT2D eigenvalue weighted by atomic mass is 16.6. The summed E-state index contributed by atoms with van der Waals surface area (Å²) in [6.07, 6.45) is 2.65. The highest BCUT2D eigenvalue weighted by Crippen LogP contribution is 2.20. The van der Waals surface area contributed by atoms with Gasteiger partial charge in [0, 0.05) is 31.9 Å². The predicted molar refractivity (Wildman–Crippen MR) is 106 cm³/mol. The van der Waals surface area contributed by atoms with Crippen molar-refractivity contribution in [3.8, 4) is 5.75 Å². The maximum Gasteiger partial charge on any atom is 0.412 e. The van der Waals surface area contributed by atoms with Crippen LogP contribution in [0.1, 0.15) is 53.9 Å². The van der Waals surface area contributed by atoms with E-state index in [0.29, 0.717) is 12.4 Å². The van der Waals surface area contributed by atoms with Crippen molar-refractivity contribution in [2.24, 2.45) is 0 Å². The zero-order valence-corrected chi connectivity index (χ0v) is 16.8. The average molecular weight is 353 g/mol. The minimum Gasteiger partial charge on any atom is -0.410 e. The third kappa shape index (κ3) is 9.97. The summed E-state index contributed by atoms with van der Waals surface area (Å²) >= 11 is 0. The number of carbonyl (C=O) groups excluding carboxylic acids is 1. The number of methoxy groups -OCH3 is 1. The van der Waals surface area contributed by atoms with Gasteiger partial charge >= 0.3 is 6.09 Å². The van der Waals surface area contributed by atoms with Crippen molar-refractivity contribution in [3.63, 3.8) is 0 Å². The lowest BCUT2D eigenvalue weighted by Gasteiger charge is -2.24. The normalized spacial score (nSPS) is 11.1. The third-order valence-corrected chi connectivity index (χ3v) is 3.56. The van der Waals surface area contributed by atoms with E-state index in [4.69, 9.17) is 9.47 Å². The number of nitrogens with zero attached hydrogens (tertiary/aromatic N) is 1. The van der Waals surface area contributed by atoms with Crippen LogP contribution in [0.2, 0.25) is 0 Å². The third-order valence-electron chi connectivity index (χ3n) is 3.56. The molecule has 0 unspecified atom stereocenters. The number of hydrogen-bond acceptors (Lipinski definition) is 4. The fourth-order valence-corrected chi connectivity index (χ4v) is 2.41. The van der Waals surface area contributed by atoms with Gasteiger partial charge in [-0.1, -0.05) is 34.1 Å². The Morgan fingerprint density at radius 3 is 2.28 bits per heavy atom. The highest BCUT2D eigenvalue weighted by Gasteiger charge is 2.10. The van der Waals surface area contributed by atoms with Gasteiger partial charge in [-0.05, 0) is 44.0 Å². The van der Waals surface area contributed by atoms with Crippen molar-refractivity contribution < 1.29 is 14.3 Å². The summed E-state index contributed by atoms with van der Waals surface area (Å²) < 4.78 is 10.5. The quantitative estimate of drug-likeness (QED) is 0.654. The summed E-state index contributed by atoms with van der Waals surface area (Å²) in [5.41, 5.74) is 1.11. The van der Waals surface area contributed by atoms with Crippen LogP contribution in [0.25, 0.3) is 0 Å². The van der Waals surface area contributed by atoms with E-state index < -0.39 is 6.09 Å². The van der Waals surface area contributed by atoms with E-state index in [-0.39, 0.29) is 6.04 Å². The van der Waals surface area contributed by atoms with E-state index in [9.17, 15) is 4.79 Å². The smallest absolute Gasteiger partial charge is 0.410 e. The number of amides is 1. The monoisotopic (exact) mass is 352 g/mol. The van der Waals surface area contributed by atoms with Crippen LogP contribution in [0.3, 0.4) is 0 Å². The topological polar surface area (TPSA) is 50.8 Å². The molecule has 1 aromatic carbocycles. The first kappa shape index (κ1) is 23.2. The van der Waals surface area contributed by atoms with Crippen LogP contribution in [0.4, 0.5) is 10.5 Å². The van der Waals surface area contributed by atoms with Gasteiger partial charge in [0.25, 0.3) is 0 Å². The van der Waals surface area contributed by atoms with Crippen LogP contribution in [-0.4, -0.2) is 38.9 Å². The van der Waals surface area contributed by atoms with Gasteiger partial charge < -0.3 is 19.7 Å². The lowest BCUT2D eigenvalue weighted by atomic mass is 10.2. The Morgan fingerprint density at radius 2 is 1.76 bits per heavy atom. The highest BCUT2D eigenvalue weighted by molar-refractivity contribution is 5.70. The van der Waals surface area contributed by atoms with Crippen molar-refractivity contribution in [2.75, 3.05) is 31.7 Å². The predicted octanol–water partition coefficient (Wildman–Crippen LogP) is 4.85. The molecule has 1 N–H and O–H groups in total. The van der Waals surface area contributed by atoms with E-state index in [1.165, 1.54) is 0 Å². The van der Waals surface area contributed by atoms with Crippen LogP contribution in [-0.2, 0) is 4.74 Å². The van der Waals surface area contributed by atoms with E-state index >= 15 is 0 Å². The molecule has 0 aliphatic rings. The molecular weight excluding hydrogens is 316 g/mol. The zero-order valence-electron chi connectivity index (χ0n) is 16.8. The molecule has 0 spiro atoms. The summed E-state index contributed by atoms with van der Waals surface area (Å²) in [6.45, 7) is 12.7. The Balaban J connectivity index is 0.00000277. The molecule has 1 amide bonds. The first-order valence-electron chi connectivity index (χ1n) is 9.43. The molecule has 0 saturated heterocycles. The minimum absolute atomic E-state index is 0.126. The largest absolute Gasteiger partial charge is 0.412 e. The van der Waals surface area contributed by atoms with Gasteiger partial charge in [-0.2, -0.15) is 0 Å². The number of benzene rings is 1. The van der Waals surface area contributed by atoms with Crippen molar-refractivity contribution in [2.45, 2.75) is 59.9 Å². The number of nitrogens with one attached hydrogen (secondary N) is 1. The Morgan fingerprint density at radius 1 is 1.12 bits per heavy atom. The molecule has 5 nitrogen and oxygen atoms in total. The van der Waals surface area contributed by atoms with E-state index in [0.717, 1.165) is 38.0 Å². The molecule has 0 aliphatic carbocycles. The maximum atomic E-state index is 11.8. The number of rotatable bonds is 10. The lowest BCUT2D eigenvalue weighted by molar-refractivity contribution is 0.196. The Kier molecular flexibility index (Phi) is 13.6. The standard InChI is InChI=1S/C18H30N2O3.C2H6/c1-5-7-15(3)19-18(21)23-17-10-8-16(9-11-17)20(12-6-2)13-14-22-4;1-2/h8-11,15H,5-7,12-14H2,1-4H3,(H,19,21);1-2H3/t15-;/m1./s1. The fraction of sp³-hybridized carbons (Fsp3) is 0.650. The van der Waals surface area contributed by atoms with Crippen LogP contribution in [0.15, 0.2) is 24.3 Å². The van der Waals surface area contributed by atoms with Crippen molar-refractivity contribution in [1.29, 1.82) is 0 Å². The van der Waals surface area contributed by atoms with E-state index in [1.807, 2.05) is 45.0 Å². The SMILES string of the molecule is CC.CCC[C@@H](C)NC(=O)Oc1ccc(N(CCC)CCOC)cc1. The van der Waals surface area contributed by atoms with Gasteiger partial charge in [-0.3, -0.25) is 0 Å². The van der Waals surface area contributed by atoms with Crippen molar-refractivity contribution >= 4 is 11.8 Å². The molecule has 0 fully saturated rings. The molecule has 25 heavy (non-hydrogen) atoms. The lowest BCUT2D eigenvalue weighted by Crippen LogP contribution is -2.34. The zero-order chi connectivity index (χ0) is 19.1. The summed E-state index contributed by atoms with van der Waals surface area (Å²) in [5.74, 6) is 0.554. The fourth-order valence-electron chi connectivity index (χ4n) is 2.41. The van der Waals surface area contributed by atoms with Gasteiger partial charge in [0.05, 0.1) is 6.61 Å². The molecule has 0 aliphatic heterocycles. The Hall–Kier alpha value is -1.75. The van der Waals surface area contributed by atoms with Gasteiger partial charge in [0.15, 0.2) is 0 Å². The molecule has 1 aromatic rings. The molecule has 1 atom stereocenters. The summed E-state index contributed by atoms with van der Waals surface area (Å²) in [4.78, 5) is 14.1. The van der Waals surface area contributed by atoms with Crippen LogP contribution in [0.5, 0.6) is 5.75 Å². The minimum atomic E-state index is -0.400. The van der Waals surface area contributed by atoms with Crippen LogP contribution < -0.4 is 15.0 Å². The Bertz CT molecular complexity index is 449. The van der Waals surface area contributed by atoms with Crippen LogP contribution in [0, 0.1) is 0 Å². The van der Waals surface area contributed by atoms with E-state index in [2.05, 4.69) is 24.1 Å². The molecule has 5 heteroatoms. The Labute approximate surface area is 153 Å². The molecule has 144 valence electrons. The molecule has 0 saturated carbocycles. The van der Waals surface area contributed by atoms with Gasteiger partial charge in [0.1, 0.15) is 5.75 Å². The maximum absolute atomic E-state index is 11.8. The number of ether oxygens (including phenoxy) is 2. The molecule has 0 aromatic heterocycles. The first-order chi connectivity index (χ1) is 12.1. The number of anilines is 1.